The van der Waals surface area contributed by atoms with E-state index < -0.39 is 79.4 Å². The fourth-order valence-electron chi connectivity index (χ4n) is 4.01. The Morgan fingerprint density at radius 2 is 1.44 bits per heavy atom. The third-order valence-electron chi connectivity index (χ3n) is 5.84. The van der Waals surface area contributed by atoms with Crippen molar-refractivity contribution in [3.05, 3.63) is 0 Å². The van der Waals surface area contributed by atoms with Crippen molar-refractivity contribution < 1.29 is 57.1 Å². The zero-order valence-electron chi connectivity index (χ0n) is 23.5. The smallest absolute Gasteiger partial charge is 0.305 e. The number of hydrogen-bond acceptors (Lipinski definition) is 13. The van der Waals surface area contributed by atoms with Gasteiger partial charge in [-0.3, -0.25) is 24.0 Å². The van der Waals surface area contributed by atoms with Crippen LogP contribution < -0.4 is 10.6 Å². The van der Waals surface area contributed by atoms with E-state index in [9.17, 15) is 24.0 Å². The molecular formula is C25H40N2O12. The van der Waals surface area contributed by atoms with Crippen LogP contribution in [0.25, 0.3) is 0 Å². The van der Waals surface area contributed by atoms with Gasteiger partial charge in [-0.15, -0.1) is 0 Å². The van der Waals surface area contributed by atoms with E-state index in [0.29, 0.717) is 26.2 Å². The van der Waals surface area contributed by atoms with E-state index in [-0.39, 0.29) is 5.41 Å². The maximum absolute atomic E-state index is 13.1. The van der Waals surface area contributed by atoms with Gasteiger partial charge in [-0.25, -0.2) is 0 Å². The monoisotopic (exact) mass is 560 g/mol. The van der Waals surface area contributed by atoms with Gasteiger partial charge in [-0.05, 0) is 6.92 Å². The topological polar surface area (TPSA) is 174 Å². The SMILES string of the molecule is CC(=O)OCC1OC(OC(C)=O)[C@H](NC(=O)[C@H](C)NCCC2OCC(C)(C)CO2)[C@@H](OC(C)=O)[C@@H]1OC(C)=O. The van der Waals surface area contributed by atoms with Gasteiger partial charge in [0.15, 0.2) is 18.5 Å². The molecule has 0 aromatic carbocycles. The second-order valence-corrected chi connectivity index (χ2v) is 10.3. The van der Waals surface area contributed by atoms with Crippen LogP contribution in [-0.2, 0) is 57.1 Å². The summed E-state index contributed by atoms with van der Waals surface area (Å²) in [6.07, 6.45) is -5.16. The molecule has 6 atom stereocenters. The van der Waals surface area contributed by atoms with Crippen molar-refractivity contribution in [2.45, 2.75) is 97.9 Å². The quantitative estimate of drug-likeness (QED) is 0.255. The molecule has 0 spiro atoms. The highest BCUT2D eigenvalue weighted by atomic mass is 16.7. The molecule has 2 saturated heterocycles. The highest BCUT2D eigenvalue weighted by Gasteiger charge is 2.52. The third-order valence-corrected chi connectivity index (χ3v) is 5.84. The van der Waals surface area contributed by atoms with E-state index in [1.807, 2.05) is 13.8 Å². The Morgan fingerprint density at radius 1 is 0.872 bits per heavy atom. The molecule has 0 aliphatic carbocycles. The van der Waals surface area contributed by atoms with Crippen LogP contribution in [0.1, 0.15) is 54.9 Å². The molecule has 2 unspecified atom stereocenters. The molecule has 2 aliphatic rings. The zero-order valence-corrected chi connectivity index (χ0v) is 23.5. The van der Waals surface area contributed by atoms with Crippen LogP contribution in [0, 0.1) is 5.41 Å². The van der Waals surface area contributed by atoms with E-state index in [4.69, 9.17) is 33.2 Å². The number of nitrogens with one attached hydrogen (secondary N) is 2. The number of hydrogen-bond donors (Lipinski definition) is 2. The van der Waals surface area contributed by atoms with Crippen LogP contribution in [0.2, 0.25) is 0 Å². The van der Waals surface area contributed by atoms with E-state index >= 15 is 0 Å². The highest BCUT2D eigenvalue weighted by Crippen LogP contribution is 2.28. The van der Waals surface area contributed by atoms with Crippen LogP contribution in [0.4, 0.5) is 0 Å². The van der Waals surface area contributed by atoms with Crippen LogP contribution in [0.5, 0.6) is 0 Å². The van der Waals surface area contributed by atoms with E-state index in [0.717, 1.165) is 20.8 Å². The zero-order chi connectivity index (χ0) is 29.3. The molecule has 2 rings (SSSR count). The number of rotatable bonds is 11. The maximum Gasteiger partial charge on any atom is 0.305 e. The van der Waals surface area contributed by atoms with Crippen LogP contribution in [0.3, 0.4) is 0 Å². The molecule has 14 nitrogen and oxygen atoms in total. The second-order valence-electron chi connectivity index (χ2n) is 10.3. The molecule has 0 bridgehead atoms. The van der Waals surface area contributed by atoms with Crippen LogP contribution in [0.15, 0.2) is 0 Å². The lowest BCUT2D eigenvalue weighted by Gasteiger charge is -2.44. The fraction of sp³-hybridized carbons (Fsp3) is 0.800. The summed E-state index contributed by atoms with van der Waals surface area (Å²) in [6, 6.07) is -2.01. The van der Waals surface area contributed by atoms with Crippen molar-refractivity contribution in [2.75, 3.05) is 26.4 Å². The van der Waals surface area contributed by atoms with Gasteiger partial charge in [-0.2, -0.15) is 0 Å². The molecule has 14 heteroatoms. The predicted octanol–water partition coefficient (Wildman–Crippen LogP) is -0.0470. The number of esters is 4. The van der Waals surface area contributed by atoms with Crippen molar-refractivity contribution in [3.63, 3.8) is 0 Å². The number of ether oxygens (including phenoxy) is 7. The first-order valence-corrected chi connectivity index (χ1v) is 12.8. The maximum atomic E-state index is 13.1. The van der Waals surface area contributed by atoms with Crippen LogP contribution >= 0.6 is 0 Å². The Balaban J connectivity index is 2.16. The first-order valence-electron chi connectivity index (χ1n) is 12.8. The molecule has 0 radical (unpaired) electrons. The van der Waals surface area contributed by atoms with Gasteiger partial charge in [0, 0.05) is 46.1 Å². The average Bonchev–Trinajstić information content (AvgIpc) is 2.81. The fourth-order valence-corrected chi connectivity index (χ4v) is 4.01. The number of carbonyl (C=O) groups excluding carboxylic acids is 5. The number of amides is 1. The molecule has 39 heavy (non-hydrogen) atoms. The molecule has 2 N–H and O–H groups in total. The van der Waals surface area contributed by atoms with Gasteiger partial charge in [0.2, 0.25) is 12.2 Å². The molecule has 222 valence electrons. The summed E-state index contributed by atoms with van der Waals surface area (Å²) in [5, 5.41) is 5.74. The number of carbonyl (C=O) groups is 5. The highest BCUT2D eigenvalue weighted by molar-refractivity contribution is 5.82. The van der Waals surface area contributed by atoms with E-state index in [1.54, 1.807) is 6.92 Å². The summed E-state index contributed by atoms with van der Waals surface area (Å²) in [7, 11) is 0. The Bertz CT molecular complexity index is 884. The first kappa shape index (κ1) is 32.4. The van der Waals surface area contributed by atoms with Gasteiger partial charge in [0.05, 0.1) is 19.3 Å². The van der Waals surface area contributed by atoms with Crippen molar-refractivity contribution >= 4 is 29.8 Å². The van der Waals surface area contributed by atoms with Gasteiger partial charge >= 0.3 is 23.9 Å². The minimum atomic E-state index is -1.46. The van der Waals surface area contributed by atoms with Gasteiger partial charge in [-0.1, -0.05) is 13.8 Å². The van der Waals surface area contributed by atoms with Crippen molar-refractivity contribution in [1.82, 2.24) is 10.6 Å². The molecule has 1 amide bonds. The molecule has 2 fully saturated rings. The summed E-state index contributed by atoms with van der Waals surface area (Å²) in [4.78, 5) is 60.2. The summed E-state index contributed by atoms with van der Waals surface area (Å²) in [6.45, 7) is 11.4. The van der Waals surface area contributed by atoms with Gasteiger partial charge in [0.25, 0.3) is 0 Å². The van der Waals surface area contributed by atoms with E-state index in [1.165, 1.54) is 6.92 Å². The molecule has 0 aromatic heterocycles. The summed E-state index contributed by atoms with van der Waals surface area (Å²) in [5.41, 5.74) is -0.0582. The molecular weight excluding hydrogens is 520 g/mol. The molecule has 0 saturated carbocycles. The predicted molar refractivity (Wildman–Crippen MR) is 132 cm³/mol. The van der Waals surface area contributed by atoms with Crippen LogP contribution in [-0.4, -0.2) is 99.1 Å². The summed E-state index contributed by atoms with van der Waals surface area (Å²) >= 11 is 0. The van der Waals surface area contributed by atoms with E-state index in [2.05, 4.69) is 10.6 Å². The Labute approximate surface area is 227 Å². The van der Waals surface area contributed by atoms with Crippen molar-refractivity contribution in [2.24, 2.45) is 5.41 Å². The largest absolute Gasteiger partial charge is 0.463 e. The molecule has 0 aromatic rings. The van der Waals surface area contributed by atoms with Crippen molar-refractivity contribution in [1.29, 1.82) is 0 Å². The Morgan fingerprint density at radius 3 is 1.97 bits per heavy atom. The summed E-state index contributed by atoms with van der Waals surface area (Å²) in [5.74, 6) is -3.43. The summed E-state index contributed by atoms with van der Waals surface area (Å²) < 4.78 is 38.2. The van der Waals surface area contributed by atoms with Gasteiger partial charge < -0.3 is 43.8 Å². The first-order chi connectivity index (χ1) is 18.2. The lowest BCUT2D eigenvalue weighted by Crippen LogP contribution is -2.68. The minimum Gasteiger partial charge on any atom is -0.463 e. The Kier molecular flexibility index (Phi) is 12.1. The normalized spacial score (nSPS) is 27.5. The van der Waals surface area contributed by atoms with Crippen molar-refractivity contribution in [3.8, 4) is 0 Å². The standard InChI is InChI=1S/C25H40N2O12/c1-13(26-9-8-19-34-11-25(6,7)12-35-19)23(32)27-20-22(37-16(4)30)21(36-15(3)29)18(10-33-14(2)28)39-24(20)38-17(5)31/h13,18-22,24,26H,8-12H2,1-7H3,(H,27,32)/t13-,18?,20+,21+,22+,24?/m0/s1. The average molecular weight is 561 g/mol. The molecule has 2 aliphatic heterocycles. The third kappa shape index (κ3) is 10.7. The second kappa shape index (κ2) is 14.5. The lowest BCUT2D eigenvalue weighted by molar-refractivity contribution is -0.271. The molecule has 2 heterocycles. The Hall–Kier alpha value is -2.81. The van der Waals surface area contributed by atoms with Gasteiger partial charge in [0.1, 0.15) is 18.8 Å². The minimum absolute atomic E-state index is 0.0582. The lowest BCUT2D eigenvalue weighted by atomic mass is 9.95.